The van der Waals surface area contributed by atoms with Crippen molar-refractivity contribution in [3.05, 3.63) is 144 Å². The van der Waals surface area contributed by atoms with E-state index in [4.69, 9.17) is 0 Å². The fourth-order valence-electron chi connectivity index (χ4n) is 11.2. The van der Waals surface area contributed by atoms with Crippen LogP contribution in [0, 0.1) is 13.8 Å². The first-order chi connectivity index (χ1) is 31.4. The van der Waals surface area contributed by atoms with Crippen molar-refractivity contribution < 1.29 is 0 Å². The molecule has 0 amide bonds. The standard InChI is InChI=1S/C60H62N4/c1-7-11-13-15-29-61-53-25-19-41(9-3)33-47(53)49-35-43(21-27-55(49)61)63-57-23-17-39(5)31-45(57)51-38-60-52(37-59(51)63)46-32-40(6)18-24-58(46)64(60)44-22-28-56-50(36-44)48-34-42(10-4)20-26-54(48)62(56)30-16-14-12-8-2/h17-28,31-38H,7-16,29-30H2,1-6H3. The first kappa shape index (κ1) is 40.5. The van der Waals surface area contributed by atoms with E-state index >= 15 is 0 Å². The number of aryl methyl sites for hydroxylation is 6. The second-order valence-corrected chi connectivity index (χ2v) is 18.8. The van der Waals surface area contributed by atoms with Crippen LogP contribution >= 0.6 is 0 Å². The third-order valence-corrected chi connectivity index (χ3v) is 14.6. The summed E-state index contributed by atoms with van der Waals surface area (Å²) in [5, 5.41) is 10.6. The van der Waals surface area contributed by atoms with Gasteiger partial charge in [0.2, 0.25) is 0 Å². The number of aromatic nitrogens is 4. The van der Waals surface area contributed by atoms with Gasteiger partial charge in [-0.15, -0.1) is 0 Å². The Bertz CT molecular complexity index is 3340. The lowest BCUT2D eigenvalue weighted by Gasteiger charge is -2.11. The van der Waals surface area contributed by atoms with Crippen LogP contribution in [0.1, 0.15) is 101 Å². The molecule has 0 aliphatic rings. The summed E-state index contributed by atoms with van der Waals surface area (Å²) >= 11 is 0. The molecular formula is C60H62N4. The van der Waals surface area contributed by atoms with E-state index in [1.165, 1.54) is 172 Å². The van der Waals surface area contributed by atoms with E-state index in [-0.39, 0.29) is 0 Å². The van der Waals surface area contributed by atoms with E-state index in [1.54, 1.807) is 0 Å². The number of rotatable bonds is 14. The monoisotopic (exact) mass is 838 g/mol. The van der Waals surface area contributed by atoms with Gasteiger partial charge in [-0.2, -0.15) is 0 Å². The van der Waals surface area contributed by atoms with Crippen LogP contribution in [-0.4, -0.2) is 18.3 Å². The van der Waals surface area contributed by atoms with E-state index in [1.807, 2.05) is 0 Å². The molecule has 7 aromatic carbocycles. The van der Waals surface area contributed by atoms with E-state index in [9.17, 15) is 0 Å². The van der Waals surface area contributed by atoms with Gasteiger partial charge in [0.25, 0.3) is 0 Å². The van der Waals surface area contributed by atoms with Crippen molar-refractivity contribution in [2.45, 2.75) is 119 Å². The lowest BCUT2D eigenvalue weighted by molar-refractivity contribution is 0.602. The highest BCUT2D eigenvalue weighted by atomic mass is 15.0. The number of unbranched alkanes of at least 4 members (excludes halogenated alkanes) is 6. The maximum Gasteiger partial charge on any atom is 0.0548 e. The zero-order chi connectivity index (χ0) is 43.6. The molecule has 322 valence electrons. The predicted molar refractivity (Wildman–Crippen MR) is 278 cm³/mol. The van der Waals surface area contributed by atoms with E-state index in [2.05, 4.69) is 181 Å². The highest BCUT2D eigenvalue weighted by Gasteiger charge is 2.21. The highest BCUT2D eigenvalue weighted by molar-refractivity contribution is 6.20. The van der Waals surface area contributed by atoms with E-state index < -0.39 is 0 Å². The highest BCUT2D eigenvalue weighted by Crippen LogP contribution is 2.42. The minimum atomic E-state index is 1.03. The average Bonchev–Trinajstić information content (AvgIpc) is 4.01. The van der Waals surface area contributed by atoms with Crippen LogP contribution in [0.4, 0.5) is 0 Å². The van der Waals surface area contributed by atoms with Crippen LogP contribution < -0.4 is 0 Å². The van der Waals surface area contributed by atoms with Gasteiger partial charge >= 0.3 is 0 Å². The lowest BCUT2D eigenvalue weighted by Crippen LogP contribution is -1.99. The molecule has 11 aromatic rings. The van der Waals surface area contributed by atoms with Crippen molar-refractivity contribution >= 4 is 87.2 Å². The Balaban J connectivity index is 1.14. The molecule has 0 fully saturated rings. The molecule has 0 atom stereocenters. The second kappa shape index (κ2) is 16.4. The number of hydrogen-bond acceptors (Lipinski definition) is 0. The molecule has 0 saturated carbocycles. The molecule has 4 nitrogen and oxygen atoms in total. The van der Waals surface area contributed by atoms with Gasteiger partial charge in [0.1, 0.15) is 0 Å². The van der Waals surface area contributed by atoms with E-state index in [0.29, 0.717) is 0 Å². The van der Waals surface area contributed by atoms with Crippen molar-refractivity contribution in [3.63, 3.8) is 0 Å². The summed E-state index contributed by atoms with van der Waals surface area (Å²) in [5.74, 6) is 0. The molecule has 0 bridgehead atoms. The summed E-state index contributed by atoms with van der Waals surface area (Å²) in [6, 6.07) is 47.9. The van der Waals surface area contributed by atoms with Gasteiger partial charge in [0, 0.05) is 89.6 Å². The van der Waals surface area contributed by atoms with Crippen molar-refractivity contribution in [2.24, 2.45) is 0 Å². The molecule has 64 heavy (non-hydrogen) atoms. The number of benzene rings is 7. The van der Waals surface area contributed by atoms with Gasteiger partial charge in [-0.1, -0.05) is 102 Å². The smallest absolute Gasteiger partial charge is 0.0548 e. The molecule has 0 aliphatic heterocycles. The summed E-state index contributed by atoms with van der Waals surface area (Å²) < 4.78 is 10.3. The third kappa shape index (κ3) is 6.55. The molecule has 4 aromatic heterocycles. The van der Waals surface area contributed by atoms with Crippen molar-refractivity contribution in [1.82, 2.24) is 18.3 Å². The largest absolute Gasteiger partial charge is 0.340 e. The fourth-order valence-corrected chi connectivity index (χ4v) is 11.2. The number of nitrogens with zero attached hydrogens (tertiary/aromatic N) is 4. The molecule has 0 saturated heterocycles. The summed E-state index contributed by atoms with van der Waals surface area (Å²) in [7, 11) is 0. The Kier molecular flexibility index (Phi) is 10.4. The zero-order valence-electron chi connectivity index (χ0n) is 38.8. The molecule has 4 heteroatoms. The number of hydrogen-bond donors (Lipinski definition) is 0. The summed E-state index contributed by atoms with van der Waals surface area (Å²) in [5.41, 5.74) is 18.1. The molecule has 0 spiro atoms. The minimum absolute atomic E-state index is 1.03. The SMILES string of the molecule is CCCCCCn1c2ccc(CC)cc2c2cc(-n3c4ccc(C)cc4c4cc5c(cc43)c3cc(C)ccc3n5-c3ccc4c(c3)c3cc(CC)ccc3n4CCCCCC)ccc21. The maximum atomic E-state index is 2.59. The third-order valence-electron chi connectivity index (χ3n) is 14.6. The second-order valence-electron chi connectivity index (χ2n) is 18.8. The van der Waals surface area contributed by atoms with Crippen molar-refractivity contribution in [1.29, 1.82) is 0 Å². The molecule has 4 heterocycles. The van der Waals surface area contributed by atoms with Crippen LogP contribution in [0.25, 0.3) is 98.6 Å². The van der Waals surface area contributed by atoms with Gasteiger partial charge in [0.15, 0.2) is 0 Å². The summed E-state index contributed by atoms with van der Waals surface area (Å²) in [4.78, 5) is 0. The van der Waals surface area contributed by atoms with Crippen LogP contribution in [0.2, 0.25) is 0 Å². The Morgan fingerprint density at radius 2 is 0.672 bits per heavy atom. The summed E-state index contributed by atoms with van der Waals surface area (Å²) in [6.07, 6.45) is 12.1. The Labute approximate surface area is 377 Å². The van der Waals surface area contributed by atoms with Gasteiger partial charge in [-0.25, -0.2) is 0 Å². The molecule has 0 unspecified atom stereocenters. The minimum Gasteiger partial charge on any atom is -0.340 e. The molecule has 11 rings (SSSR count). The van der Waals surface area contributed by atoms with E-state index in [0.717, 1.165) is 25.9 Å². The van der Waals surface area contributed by atoms with Crippen LogP contribution in [-0.2, 0) is 25.9 Å². The molecular weight excluding hydrogens is 777 g/mol. The quantitative estimate of drug-likeness (QED) is 0.0972. The van der Waals surface area contributed by atoms with Crippen LogP contribution in [0.3, 0.4) is 0 Å². The molecule has 0 aliphatic carbocycles. The van der Waals surface area contributed by atoms with Crippen molar-refractivity contribution in [2.75, 3.05) is 0 Å². The Hall–Kier alpha value is -6.26. The predicted octanol–water partition coefficient (Wildman–Crippen LogP) is 17.0. The normalized spacial score (nSPS) is 12.3. The summed E-state index contributed by atoms with van der Waals surface area (Å²) in [6.45, 7) is 15.7. The Morgan fingerprint density at radius 1 is 0.312 bits per heavy atom. The van der Waals surface area contributed by atoms with Gasteiger partial charge in [-0.05, 0) is 148 Å². The Morgan fingerprint density at radius 3 is 1.08 bits per heavy atom. The van der Waals surface area contributed by atoms with Crippen LogP contribution in [0.15, 0.2) is 121 Å². The van der Waals surface area contributed by atoms with Crippen molar-refractivity contribution in [3.8, 4) is 11.4 Å². The average molecular weight is 839 g/mol. The topological polar surface area (TPSA) is 19.7 Å². The van der Waals surface area contributed by atoms with Gasteiger partial charge < -0.3 is 18.3 Å². The van der Waals surface area contributed by atoms with Crippen LogP contribution in [0.5, 0.6) is 0 Å². The van der Waals surface area contributed by atoms with Gasteiger partial charge in [-0.3, -0.25) is 0 Å². The van der Waals surface area contributed by atoms with Gasteiger partial charge in [0.05, 0.1) is 22.1 Å². The first-order valence-electron chi connectivity index (χ1n) is 24.5. The molecule has 0 N–H and O–H groups in total. The molecule has 0 radical (unpaired) electrons. The first-order valence-corrected chi connectivity index (χ1v) is 24.5. The zero-order valence-corrected chi connectivity index (χ0v) is 38.8. The fraction of sp³-hybridized carbons (Fsp3) is 0.300. The number of fused-ring (bicyclic) bond motifs is 12. The maximum absolute atomic E-state index is 2.59. The lowest BCUT2D eigenvalue weighted by atomic mass is 10.1.